The minimum absolute atomic E-state index is 0.401. The standard InChI is InChI=1S/C12H18N4/c1-8(2)9(3)15-12(14-4)10-6-5-7-11(13)16-10/h5-8H,1-4H3,(H2,13,16). The summed E-state index contributed by atoms with van der Waals surface area (Å²) in [6.07, 6.45) is 0. The number of aliphatic imine (C=N–C) groups is 2. The van der Waals surface area contributed by atoms with Crippen LogP contribution in [-0.4, -0.2) is 23.6 Å². The molecule has 1 aromatic heterocycles. The minimum atomic E-state index is 0.401. The smallest absolute Gasteiger partial charge is 0.173 e. The Morgan fingerprint density at radius 2 is 2.06 bits per heavy atom. The van der Waals surface area contributed by atoms with Gasteiger partial charge in [0.25, 0.3) is 0 Å². The molecule has 0 atom stereocenters. The fourth-order valence-electron chi connectivity index (χ4n) is 1.09. The highest BCUT2D eigenvalue weighted by molar-refractivity contribution is 6.05. The van der Waals surface area contributed by atoms with E-state index in [1.54, 1.807) is 13.1 Å². The Kier molecular flexibility index (Phi) is 4.17. The van der Waals surface area contributed by atoms with Gasteiger partial charge in [0.2, 0.25) is 0 Å². The van der Waals surface area contributed by atoms with Crippen molar-refractivity contribution in [1.29, 1.82) is 0 Å². The lowest BCUT2D eigenvalue weighted by molar-refractivity contribution is 0.880. The van der Waals surface area contributed by atoms with Crippen molar-refractivity contribution < 1.29 is 0 Å². The van der Waals surface area contributed by atoms with E-state index in [1.807, 2.05) is 19.1 Å². The zero-order chi connectivity index (χ0) is 12.1. The Bertz CT molecular complexity index is 419. The fourth-order valence-corrected chi connectivity index (χ4v) is 1.09. The number of aromatic nitrogens is 1. The summed E-state index contributed by atoms with van der Waals surface area (Å²) in [5, 5.41) is 0. The molecule has 1 heterocycles. The molecule has 86 valence electrons. The second kappa shape index (κ2) is 5.39. The summed E-state index contributed by atoms with van der Waals surface area (Å²) in [4.78, 5) is 12.8. The van der Waals surface area contributed by atoms with Crippen molar-refractivity contribution in [3.05, 3.63) is 23.9 Å². The molecule has 0 saturated carbocycles. The third-order valence-corrected chi connectivity index (χ3v) is 2.33. The molecule has 2 N–H and O–H groups in total. The second-order valence-corrected chi connectivity index (χ2v) is 3.90. The Hall–Kier alpha value is -1.71. The molecule has 0 unspecified atom stereocenters. The number of hydrogen-bond donors (Lipinski definition) is 1. The van der Waals surface area contributed by atoms with Crippen molar-refractivity contribution in [3.8, 4) is 0 Å². The monoisotopic (exact) mass is 218 g/mol. The SMILES string of the molecule is CN=C(N=C(C)C(C)C)c1cccc(N)n1. The molecule has 4 nitrogen and oxygen atoms in total. The molecule has 1 rings (SSSR count). The van der Waals surface area contributed by atoms with Crippen LogP contribution in [0, 0.1) is 5.92 Å². The van der Waals surface area contributed by atoms with Gasteiger partial charge in [-0.25, -0.2) is 9.98 Å². The van der Waals surface area contributed by atoms with Crippen LogP contribution < -0.4 is 5.73 Å². The van der Waals surface area contributed by atoms with Gasteiger partial charge in [0.05, 0.1) is 0 Å². The van der Waals surface area contributed by atoms with E-state index in [0.717, 1.165) is 5.71 Å². The lowest BCUT2D eigenvalue weighted by atomic mass is 10.1. The summed E-state index contributed by atoms with van der Waals surface area (Å²) in [5.74, 6) is 1.51. The molecule has 0 amide bonds. The summed E-state index contributed by atoms with van der Waals surface area (Å²) in [6, 6.07) is 5.45. The van der Waals surface area contributed by atoms with Crippen LogP contribution in [0.5, 0.6) is 0 Å². The summed E-state index contributed by atoms with van der Waals surface area (Å²) in [7, 11) is 1.71. The number of amidine groups is 1. The normalized spacial score (nSPS) is 13.3. The maximum absolute atomic E-state index is 5.63. The van der Waals surface area contributed by atoms with Gasteiger partial charge in [-0.1, -0.05) is 19.9 Å². The lowest BCUT2D eigenvalue weighted by Crippen LogP contribution is -2.09. The van der Waals surface area contributed by atoms with E-state index in [0.29, 0.717) is 23.3 Å². The van der Waals surface area contributed by atoms with Gasteiger partial charge in [-0.05, 0) is 25.0 Å². The number of hydrogen-bond acceptors (Lipinski definition) is 3. The van der Waals surface area contributed by atoms with Gasteiger partial charge in [0.15, 0.2) is 5.84 Å². The second-order valence-electron chi connectivity index (χ2n) is 3.90. The van der Waals surface area contributed by atoms with Crippen LogP contribution >= 0.6 is 0 Å². The average Bonchev–Trinajstić information content (AvgIpc) is 2.25. The molecule has 0 aliphatic heterocycles. The van der Waals surface area contributed by atoms with E-state index >= 15 is 0 Å². The first kappa shape index (κ1) is 12.4. The lowest BCUT2D eigenvalue weighted by Gasteiger charge is -2.06. The first-order valence-corrected chi connectivity index (χ1v) is 5.29. The first-order chi connectivity index (χ1) is 7.54. The Balaban J connectivity index is 3.06. The van der Waals surface area contributed by atoms with Crippen LogP contribution in [0.15, 0.2) is 28.2 Å². The third-order valence-electron chi connectivity index (χ3n) is 2.33. The highest BCUT2D eigenvalue weighted by Gasteiger charge is 2.05. The predicted octanol–water partition coefficient (Wildman–Crippen LogP) is 2.16. The Morgan fingerprint density at radius 1 is 1.38 bits per heavy atom. The quantitative estimate of drug-likeness (QED) is 0.610. The van der Waals surface area contributed by atoms with E-state index in [-0.39, 0.29) is 0 Å². The number of rotatable bonds is 2. The molecule has 0 radical (unpaired) electrons. The van der Waals surface area contributed by atoms with Gasteiger partial charge in [-0.3, -0.25) is 4.99 Å². The Labute approximate surface area is 96.3 Å². The van der Waals surface area contributed by atoms with E-state index < -0.39 is 0 Å². The summed E-state index contributed by atoms with van der Waals surface area (Å²) in [6.45, 7) is 6.18. The van der Waals surface area contributed by atoms with Gasteiger partial charge < -0.3 is 5.73 Å². The molecule has 0 aromatic carbocycles. The van der Waals surface area contributed by atoms with Crippen LogP contribution in [0.4, 0.5) is 5.82 Å². The van der Waals surface area contributed by atoms with Crippen LogP contribution in [-0.2, 0) is 0 Å². The van der Waals surface area contributed by atoms with Crippen LogP contribution in [0.25, 0.3) is 0 Å². The van der Waals surface area contributed by atoms with Crippen molar-refractivity contribution in [2.24, 2.45) is 15.9 Å². The summed E-state index contributed by atoms with van der Waals surface area (Å²) < 4.78 is 0. The maximum Gasteiger partial charge on any atom is 0.173 e. The highest BCUT2D eigenvalue weighted by Crippen LogP contribution is 2.05. The predicted molar refractivity (Wildman–Crippen MR) is 69.1 cm³/mol. The van der Waals surface area contributed by atoms with Crippen molar-refractivity contribution in [2.75, 3.05) is 12.8 Å². The Morgan fingerprint density at radius 3 is 2.56 bits per heavy atom. The molecule has 0 bridgehead atoms. The number of nitrogens with zero attached hydrogens (tertiary/aromatic N) is 3. The van der Waals surface area contributed by atoms with Gasteiger partial charge >= 0.3 is 0 Å². The molecule has 16 heavy (non-hydrogen) atoms. The van der Waals surface area contributed by atoms with Gasteiger partial charge in [0.1, 0.15) is 11.5 Å². The minimum Gasteiger partial charge on any atom is -0.384 e. The zero-order valence-corrected chi connectivity index (χ0v) is 10.2. The van der Waals surface area contributed by atoms with Crippen LogP contribution in [0.1, 0.15) is 26.5 Å². The molecule has 4 heteroatoms. The van der Waals surface area contributed by atoms with Crippen molar-refractivity contribution >= 4 is 17.4 Å². The fraction of sp³-hybridized carbons (Fsp3) is 0.417. The van der Waals surface area contributed by atoms with Gasteiger partial charge in [-0.15, -0.1) is 0 Å². The molecule has 0 aliphatic carbocycles. The van der Waals surface area contributed by atoms with Crippen molar-refractivity contribution in [2.45, 2.75) is 20.8 Å². The summed E-state index contributed by atoms with van der Waals surface area (Å²) in [5.41, 5.74) is 7.37. The van der Waals surface area contributed by atoms with E-state index in [2.05, 4.69) is 28.8 Å². The average molecular weight is 218 g/mol. The van der Waals surface area contributed by atoms with Gasteiger partial charge in [-0.2, -0.15) is 0 Å². The maximum atomic E-state index is 5.63. The number of pyridine rings is 1. The van der Waals surface area contributed by atoms with E-state index in [4.69, 9.17) is 5.73 Å². The molecule has 1 aromatic rings. The van der Waals surface area contributed by atoms with E-state index in [1.165, 1.54) is 0 Å². The van der Waals surface area contributed by atoms with Crippen molar-refractivity contribution in [1.82, 2.24) is 4.98 Å². The molecule has 0 aliphatic rings. The van der Waals surface area contributed by atoms with Gasteiger partial charge in [0, 0.05) is 12.8 Å². The molecular formula is C12H18N4. The number of anilines is 1. The largest absolute Gasteiger partial charge is 0.384 e. The number of nitrogens with two attached hydrogens (primary N) is 1. The molecule has 0 spiro atoms. The number of nitrogen functional groups attached to an aromatic ring is 1. The molecule has 0 saturated heterocycles. The summed E-state index contributed by atoms with van der Waals surface area (Å²) >= 11 is 0. The molecular weight excluding hydrogens is 200 g/mol. The van der Waals surface area contributed by atoms with Crippen LogP contribution in [0.2, 0.25) is 0 Å². The van der Waals surface area contributed by atoms with Crippen molar-refractivity contribution in [3.63, 3.8) is 0 Å². The highest BCUT2D eigenvalue weighted by atomic mass is 15.0. The topological polar surface area (TPSA) is 63.6 Å². The van der Waals surface area contributed by atoms with E-state index in [9.17, 15) is 0 Å². The molecule has 0 fully saturated rings. The first-order valence-electron chi connectivity index (χ1n) is 5.29. The zero-order valence-electron chi connectivity index (χ0n) is 10.2. The van der Waals surface area contributed by atoms with Crippen LogP contribution in [0.3, 0.4) is 0 Å². The third kappa shape index (κ3) is 3.15.